The van der Waals surface area contributed by atoms with Gasteiger partial charge in [-0.25, -0.2) is 0 Å². The van der Waals surface area contributed by atoms with E-state index in [2.05, 4.69) is 53.7 Å². The van der Waals surface area contributed by atoms with E-state index in [0.717, 1.165) is 19.3 Å². The number of ketones is 1. The molecule has 0 aromatic rings. The van der Waals surface area contributed by atoms with Crippen molar-refractivity contribution >= 4 is 5.78 Å². The zero-order valence-electron chi connectivity index (χ0n) is 22.4. The summed E-state index contributed by atoms with van der Waals surface area (Å²) in [4.78, 5) is 12.8. The molecule has 2 N–H and O–H groups in total. The van der Waals surface area contributed by atoms with Crippen molar-refractivity contribution in [1.29, 1.82) is 0 Å². The van der Waals surface area contributed by atoms with Gasteiger partial charge in [0.15, 0.2) is 0 Å². The van der Waals surface area contributed by atoms with Crippen LogP contribution in [0.2, 0.25) is 0 Å². The molecule has 4 rings (SSSR count). The molecule has 3 saturated carbocycles. The number of carbonyl (C=O) groups excluding carboxylic acids is 1. The van der Waals surface area contributed by atoms with E-state index in [9.17, 15) is 15.0 Å². The molecule has 0 spiro atoms. The van der Waals surface area contributed by atoms with E-state index in [1.54, 1.807) is 25.0 Å². The number of hydrogen-bond acceptors (Lipinski definition) is 3. The van der Waals surface area contributed by atoms with Crippen molar-refractivity contribution in [2.75, 3.05) is 0 Å². The fourth-order valence-corrected chi connectivity index (χ4v) is 8.80. The largest absolute Gasteiger partial charge is 0.390 e. The van der Waals surface area contributed by atoms with Crippen molar-refractivity contribution in [3.63, 3.8) is 0 Å². The SMILES string of the molecule is C[C@H](CC[C@H](O)C(C)(C)O)[C@H]1CC[C@@]2(C)C1=CC=C1[C@]2(C)CC[C@H]2C(C)(C)C(=O)CC[C@]12C. The van der Waals surface area contributed by atoms with Crippen LogP contribution in [-0.2, 0) is 4.79 Å². The molecular weight excluding hydrogens is 408 g/mol. The Morgan fingerprint density at radius 1 is 1.00 bits per heavy atom. The molecule has 0 bridgehead atoms. The second-order valence-corrected chi connectivity index (χ2v) is 13.9. The lowest BCUT2D eigenvalue weighted by Gasteiger charge is -2.63. The summed E-state index contributed by atoms with van der Waals surface area (Å²) in [6.45, 7) is 17.6. The summed E-state index contributed by atoms with van der Waals surface area (Å²) in [7, 11) is 0. The molecule has 0 saturated heterocycles. The third-order valence-electron chi connectivity index (χ3n) is 11.4. The fraction of sp³-hybridized carbons (Fsp3) is 0.833. The van der Waals surface area contributed by atoms with Gasteiger partial charge in [-0.2, -0.15) is 0 Å². The number of carbonyl (C=O) groups is 1. The Balaban J connectivity index is 1.64. The summed E-state index contributed by atoms with van der Waals surface area (Å²) in [5.74, 6) is 1.93. The lowest BCUT2D eigenvalue weighted by molar-refractivity contribution is -0.142. The minimum absolute atomic E-state index is 0.107. The Labute approximate surface area is 202 Å². The molecule has 0 aromatic heterocycles. The van der Waals surface area contributed by atoms with Gasteiger partial charge in [0.1, 0.15) is 5.78 Å². The first kappa shape index (κ1) is 25.2. The molecule has 0 heterocycles. The van der Waals surface area contributed by atoms with Crippen LogP contribution < -0.4 is 0 Å². The van der Waals surface area contributed by atoms with Gasteiger partial charge in [0.2, 0.25) is 0 Å². The summed E-state index contributed by atoms with van der Waals surface area (Å²) >= 11 is 0. The molecule has 0 aliphatic heterocycles. The van der Waals surface area contributed by atoms with Crippen molar-refractivity contribution < 1.29 is 15.0 Å². The first-order valence-corrected chi connectivity index (χ1v) is 13.5. The highest BCUT2D eigenvalue weighted by Crippen LogP contribution is 2.72. The smallest absolute Gasteiger partial charge is 0.138 e. The van der Waals surface area contributed by atoms with E-state index in [-0.39, 0.29) is 21.7 Å². The maximum Gasteiger partial charge on any atom is 0.138 e. The van der Waals surface area contributed by atoms with Crippen LogP contribution in [-0.4, -0.2) is 27.7 Å². The first-order valence-electron chi connectivity index (χ1n) is 13.5. The van der Waals surface area contributed by atoms with Gasteiger partial charge in [-0.1, -0.05) is 64.8 Å². The van der Waals surface area contributed by atoms with Crippen molar-refractivity contribution in [2.24, 2.45) is 39.4 Å². The minimum Gasteiger partial charge on any atom is -0.390 e. The van der Waals surface area contributed by atoms with Crippen LogP contribution in [0, 0.1) is 39.4 Å². The van der Waals surface area contributed by atoms with E-state index in [1.807, 2.05) is 0 Å². The molecule has 4 aliphatic rings. The van der Waals surface area contributed by atoms with Crippen LogP contribution >= 0.6 is 0 Å². The zero-order chi connectivity index (χ0) is 24.6. The predicted octanol–water partition coefficient (Wildman–Crippen LogP) is 6.63. The summed E-state index contributed by atoms with van der Waals surface area (Å²) < 4.78 is 0. The highest BCUT2D eigenvalue weighted by Gasteiger charge is 2.64. The third-order valence-corrected chi connectivity index (χ3v) is 11.4. The Kier molecular flexibility index (Phi) is 5.94. The molecule has 186 valence electrons. The lowest BCUT2D eigenvalue weighted by Crippen LogP contribution is -2.57. The Bertz CT molecular complexity index is 873. The average Bonchev–Trinajstić information content (AvgIpc) is 3.07. The van der Waals surface area contributed by atoms with Gasteiger partial charge >= 0.3 is 0 Å². The van der Waals surface area contributed by atoms with Crippen molar-refractivity contribution in [2.45, 2.75) is 118 Å². The molecule has 3 heteroatoms. The molecule has 3 nitrogen and oxygen atoms in total. The molecule has 33 heavy (non-hydrogen) atoms. The van der Waals surface area contributed by atoms with Crippen LogP contribution in [0.15, 0.2) is 23.3 Å². The van der Waals surface area contributed by atoms with E-state index in [4.69, 9.17) is 0 Å². The number of hydrogen-bond donors (Lipinski definition) is 2. The quantitative estimate of drug-likeness (QED) is 0.488. The van der Waals surface area contributed by atoms with Crippen LogP contribution in [0.3, 0.4) is 0 Å². The van der Waals surface area contributed by atoms with Crippen LogP contribution in [0.1, 0.15) is 107 Å². The number of Topliss-reactive ketones (excluding diaryl/α,β-unsaturated/α-hetero) is 1. The molecule has 0 amide bonds. The molecule has 0 radical (unpaired) electrons. The van der Waals surface area contributed by atoms with Gasteiger partial charge in [0.05, 0.1) is 11.7 Å². The van der Waals surface area contributed by atoms with Crippen molar-refractivity contribution in [3.8, 4) is 0 Å². The standard InChI is InChI=1S/C30H48O3/c1-19(9-12-25(32)27(4,5)33)20-13-17-29(7)21(20)10-11-23-28(6)16-15-24(31)26(2,3)22(28)14-18-30(23,29)8/h10-11,19-20,22,25,32-33H,9,12-18H2,1-8H3/t19-,20-,22+,25+,28+,29+,30+/m1/s1. The van der Waals surface area contributed by atoms with Crippen molar-refractivity contribution in [1.82, 2.24) is 0 Å². The second kappa shape index (κ2) is 7.79. The minimum atomic E-state index is -1.04. The Hall–Kier alpha value is -0.930. The molecular formula is C30H48O3. The zero-order valence-corrected chi connectivity index (χ0v) is 22.4. The molecule has 3 fully saturated rings. The van der Waals surface area contributed by atoms with Crippen LogP contribution in [0.4, 0.5) is 0 Å². The lowest BCUT2D eigenvalue weighted by atomic mass is 9.40. The number of allylic oxidation sites excluding steroid dienone is 4. The van der Waals surface area contributed by atoms with Gasteiger partial charge in [-0.05, 0) is 92.8 Å². The Morgan fingerprint density at radius 2 is 1.64 bits per heavy atom. The number of rotatable bonds is 5. The predicted molar refractivity (Wildman–Crippen MR) is 135 cm³/mol. The van der Waals surface area contributed by atoms with E-state index >= 15 is 0 Å². The molecule has 7 atom stereocenters. The summed E-state index contributed by atoms with van der Waals surface area (Å²) in [6, 6.07) is 0. The highest BCUT2D eigenvalue weighted by atomic mass is 16.3. The third kappa shape index (κ3) is 3.54. The second-order valence-electron chi connectivity index (χ2n) is 13.9. The fourth-order valence-electron chi connectivity index (χ4n) is 8.80. The monoisotopic (exact) mass is 456 g/mol. The van der Waals surface area contributed by atoms with Gasteiger partial charge in [-0.3, -0.25) is 4.79 Å². The highest BCUT2D eigenvalue weighted by molar-refractivity contribution is 5.85. The van der Waals surface area contributed by atoms with Crippen LogP contribution in [0.25, 0.3) is 0 Å². The number of fused-ring (bicyclic) bond motifs is 5. The van der Waals surface area contributed by atoms with Crippen LogP contribution in [0.5, 0.6) is 0 Å². The summed E-state index contributed by atoms with van der Waals surface area (Å²) in [6.07, 6.45) is 12.3. The number of aliphatic hydroxyl groups excluding tert-OH is 1. The maximum atomic E-state index is 12.8. The van der Waals surface area contributed by atoms with E-state index < -0.39 is 11.7 Å². The van der Waals surface area contributed by atoms with Gasteiger partial charge in [-0.15, -0.1) is 0 Å². The van der Waals surface area contributed by atoms with Crippen molar-refractivity contribution in [3.05, 3.63) is 23.3 Å². The van der Waals surface area contributed by atoms with Gasteiger partial charge in [0, 0.05) is 11.8 Å². The number of aliphatic hydroxyl groups is 2. The first-order chi connectivity index (χ1) is 15.1. The maximum absolute atomic E-state index is 12.8. The molecule has 4 aliphatic carbocycles. The molecule has 0 unspecified atom stereocenters. The van der Waals surface area contributed by atoms with Gasteiger partial charge < -0.3 is 10.2 Å². The Morgan fingerprint density at radius 3 is 2.27 bits per heavy atom. The molecule has 0 aromatic carbocycles. The van der Waals surface area contributed by atoms with Gasteiger partial charge in [0.25, 0.3) is 0 Å². The normalized spacial score (nSPS) is 41.9. The topological polar surface area (TPSA) is 57.5 Å². The van der Waals surface area contributed by atoms with E-state index in [1.165, 1.54) is 19.3 Å². The van der Waals surface area contributed by atoms with E-state index in [0.29, 0.717) is 36.4 Å². The summed E-state index contributed by atoms with van der Waals surface area (Å²) in [5.41, 5.74) is 2.40. The average molecular weight is 457 g/mol. The summed E-state index contributed by atoms with van der Waals surface area (Å²) in [5, 5.41) is 20.5.